The largest absolute Gasteiger partial charge is 0.369 e. The van der Waals surface area contributed by atoms with E-state index in [1.54, 1.807) is 0 Å². The first kappa shape index (κ1) is 17.1. The van der Waals surface area contributed by atoms with Gasteiger partial charge < -0.3 is 4.90 Å². The van der Waals surface area contributed by atoms with Crippen LogP contribution in [0.4, 0.5) is 5.69 Å². The van der Waals surface area contributed by atoms with E-state index in [1.165, 1.54) is 5.69 Å². The maximum absolute atomic E-state index is 8.54. The number of benzene rings is 1. The quantitative estimate of drug-likeness (QED) is 0.856. The summed E-state index contributed by atoms with van der Waals surface area (Å²) in [5, 5.41) is 8.54. The molecule has 0 bridgehead atoms. The summed E-state index contributed by atoms with van der Waals surface area (Å²) in [7, 11) is 0. The van der Waals surface area contributed by atoms with Crippen LogP contribution in [0.25, 0.3) is 0 Å². The Morgan fingerprint density at radius 1 is 1.00 bits per heavy atom. The first-order valence-corrected chi connectivity index (χ1v) is 5.79. The number of halogens is 2. The van der Waals surface area contributed by atoms with Crippen molar-refractivity contribution in [1.29, 1.82) is 5.26 Å². The van der Waals surface area contributed by atoms with E-state index >= 15 is 0 Å². The Labute approximate surface area is 121 Å². The number of nitrogens with zero attached hydrogens (tertiary/aromatic N) is 3. The molecule has 1 aliphatic heterocycles. The van der Waals surface area contributed by atoms with Gasteiger partial charge in [-0.3, -0.25) is 4.90 Å². The van der Waals surface area contributed by atoms with E-state index in [1.807, 2.05) is 6.07 Å². The molecule has 0 saturated carbocycles. The molecule has 18 heavy (non-hydrogen) atoms. The molecule has 5 heteroatoms. The Bertz CT molecular complexity index is 356. The summed E-state index contributed by atoms with van der Waals surface area (Å²) in [4.78, 5) is 4.77. The Hall–Kier alpha value is -0.950. The lowest BCUT2D eigenvalue weighted by Gasteiger charge is -2.35. The third-order valence-corrected chi connectivity index (χ3v) is 3.03. The van der Waals surface area contributed by atoms with Gasteiger partial charge in [0.1, 0.15) is 0 Å². The SMILES string of the molecule is Cl.Cl.N#CCCN1CCN(c2ccccc2)CC1. The molecule has 1 aromatic carbocycles. The summed E-state index contributed by atoms with van der Waals surface area (Å²) in [6, 6.07) is 12.7. The predicted molar refractivity (Wildman–Crippen MR) is 79.8 cm³/mol. The molecule has 0 radical (unpaired) electrons. The van der Waals surface area contributed by atoms with Crippen molar-refractivity contribution in [3.8, 4) is 6.07 Å². The second-order valence-corrected chi connectivity index (χ2v) is 4.07. The van der Waals surface area contributed by atoms with Crippen molar-refractivity contribution < 1.29 is 0 Å². The van der Waals surface area contributed by atoms with Gasteiger partial charge in [-0.25, -0.2) is 0 Å². The Morgan fingerprint density at radius 3 is 2.17 bits per heavy atom. The lowest BCUT2D eigenvalue weighted by molar-refractivity contribution is 0.263. The Balaban J connectivity index is 0.00000144. The van der Waals surface area contributed by atoms with Crippen LogP contribution in [0.1, 0.15) is 6.42 Å². The van der Waals surface area contributed by atoms with Gasteiger partial charge in [0, 0.05) is 44.8 Å². The summed E-state index contributed by atoms with van der Waals surface area (Å²) in [5.41, 5.74) is 1.31. The molecule has 2 rings (SSSR count). The number of piperazine rings is 1. The van der Waals surface area contributed by atoms with Crippen molar-refractivity contribution in [2.45, 2.75) is 6.42 Å². The molecule has 0 unspecified atom stereocenters. The average molecular weight is 288 g/mol. The van der Waals surface area contributed by atoms with Crippen LogP contribution in [-0.2, 0) is 0 Å². The van der Waals surface area contributed by atoms with E-state index in [2.05, 4.69) is 40.1 Å². The first-order valence-electron chi connectivity index (χ1n) is 5.79. The molecule has 0 spiro atoms. The second kappa shape index (κ2) is 9.04. The van der Waals surface area contributed by atoms with Gasteiger partial charge in [0.15, 0.2) is 0 Å². The maximum Gasteiger partial charge on any atom is 0.0635 e. The summed E-state index contributed by atoms with van der Waals surface area (Å²) in [6.07, 6.45) is 0.644. The van der Waals surface area contributed by atoms with Gasteiger partial charge in [-0.2, -0.15) is 5.26 Å². The number of hydrogen-bond acceptors (Lipinski definition) is 3. The normalized spacial score (nSPS) is 15.2. The van der Waals surface area contributed by atoms with E-state index < -0.39 is 0 Å². The van der Waals surface area contributed by atoms with E-state index in [9.17, 15) is 0 Å². The number of para-hydroxylation sites is 1. The van der Waals surface area contributed by atoms with Crippen molar-refractivity contribution in [3.63, 3.8) is 0 Å². The molecule has 1 fully saturated rings. The van der Waals surface area contributed by atoms with Crippen molar-refractivity contribution in [1.82, 2.24) is 4.90 Å². The minimum Gasteiger partial charge on any atom is -0.369 e. The lowest BCUT2D eigenvalue weighted by Crippen LogP contribution is -2.46. The molecule has 0 aliphatic carbocycles. The topological polar surface area (TPSA) is 30.3 Å². The minimum atomic E-state index is 0. The molecule has 3 nitrogen and oxygen atoms in total. The number of anilines is 1. The number of rotatable bonds is 3. The maximum atomic E-state index is 8.54. The molecule has 0 amide bonds. The molecule has 1 heterocycles. The third kappa shape index (κ3) is 4.73. The third-order valence-electron chi connectivity index (χ3n) is 3.03. The van der Waals surface area contributed by atoms with Crippen LogP contribution in [0.3, 0.4) is 0 Å². The van der Waals surface area contributed by atoms with Crippen molar-refractivity contribution in [2.24, 2.45) is 0 Å². The van der Waals surface area contributed by atoms with E-state index in [4.69, 9.17) is 5.26 Å². The summed E-state index contributed by atoms with van der Waals surface area (Å²) >= 11 is 0. The van der Waals surface area contributed by atoms with Crippen LogP contribution in [-0.4, -0.2) is 37.6 Å². The summed E-state index contributed by atoms with van der Waals surface area (Å²) in [6.45, 7) is 5.18. The first-order chi connectivity index (χ1) is 7.90. The van der Waals surface area contributed by atoms with Crippen LogP contribution < -0.4 is 4.90 Å². The lowest BCUT2D eigenvalue weighted by atomic mass is 10.2. The fourth-order valence-electron chi connectivity index (χ4n) is 2.08. The van der Waals surface area contributed by atoms with Crippen LogP contribution in [0.2, 0.25) is 0 Å². The molecule has 0 atom stereocenters. The predicted octanol–water partition coefficient (Wildman–Crippen LogP) is 2.57. The molecule has 1 aliphatic rings. The Morgan fingerprint density at radius 2 is 1.61 bits per heavy atom. The highest BCUT2D eigenvalue weighted by Gasteiger charge is 2.16. The smallest absolute Gasteiger partial charge is 0.0635 e. The fourth-order valence-corrected chi connectivity index (χ4v) is 2.08. The molecule has 1 aromatic rings. The van der Waals surface area contributed by atoms with Gasteiger partial charge >= 0.3 is 0 Å². The molecular weight excluding hydrogens is 269 g/mol. The van der Waals surface area contributed by atoms with Gasteiger partial charge in [-0.05, 0) is 12.1 Å². The van der Waals surface area contributed by atoms with Gasteiger partial charge in [0.25, 0.3) is 0 Å². The van der Waals surface area contributed by atoms with Gasteiger partial charge in [0.2, 0.25) is 0 Å². The van der Waals surface area contributed by atoms with Crippen molar-refractivity contribution >= 4 is 30.5 Å². The second-order valence-electron chi connectivity index (χ2n) is 4.07. The number of nitriles is 1. The average Bonchev–Trinajstić information content (AvgIpc) is 2.38. The number of hydrogen-bond donors (Lipinski definition) is 0. The molecule has 0 N–H and O–H groups in total. The van der Waals surface area contributed by atoms with Crippen LogP contribution >= 0.6 is 24.8 Å². The highest BCUT2D eigenvalue weighted by molar-refractivity contribution is 5.85. The van der Waals surface area contributed by atoms with E-state index in [-0.39, 0.29) is 24.8 Å². The summed E-state index contributed by atoms with van der Waals surface area (Å²) in [5.74, 6) is 0. The monoisotopic (exact) mass is 287 g/mol. The summed E-state index contributed by atoms with van der Waals surface area (Å²) < 4.78 is 0. The highest BCUT2D eigenvalue weighted by atomic mass is 35.5. The molecule has 1 saturated heterocycles. The zero-order chi connectivity index (χ0) is 11.2. The van der Waals surface area contributed by atoms with E-state index in [0.29, 0.717) is 6.42 Å². The zero-order valence-corrected chi connectivity index (χ0v) is 11.9. The van der Waals surface area contributed by atoms with Crippen LogP contribution in [0.5, 0.6) is 0 Å². The van der Waals surface area contributed by atoms with Crippen LogP contribution in [0, 0.1) is 11.3 Å². The van der Waals surface area contributed by atoms with Crippen molar-refractivity contribution in [2.75, 3.05) is 37.6 Å². The zero-order valence-electron chi connectivity index (χ0n) is 10.3. The Kier molecular flexibility index (Phi) is 8.57. The molecule has 0 aromatic heterocycles. The van der Waals surface area contributed by atoms with Gasteiger partial charge in [-0.1, -0.05) is 18.2 Å². The minimum absolute atomic E-state index is 0. The van der Waals surface area contributed by atoms with Gasteiger partial charge in [0.05, 0.1) is 6.07 Å². The molecule has 100 valence electrons. The van der Waals surface area contributed by atoms with E-state index in [0.717, 1.165) is 32.7 Å². The highest BCUT2D eigenvalue weighted by Crippen LogP contribution is 2.15. The standard InChI is InChI=1S/C13H17N3.2ClH/c14-7-4-8-15-9-11-16(12-10-15)13-5-2-1-3-6-13;;/h1-3,5-6H,4,8-12H2;2*1H. The molecular formula is C13H19Cl2N3. The van der Waals surface area contributed by atoms with Crippen LogP contribution in [0.15, 0.2) is 30.3 Å². The van der Waals surface area contributed by atoms with Crippen molar-refractivity contribution in [3.05, 3.63) is 30.3 Å². The fraction of sp³-hybridized carbons (Fsp3) is 0.462. The van der Waals surface area contributed by atoms with Gasteiger partial charge in [-0.15, -0.1) is 24.8 Å².